The third-order valence-electron chi connectivity index (χ3n) is 3.17. The minimum atomic E-state index is 0.201. The van der Waals surface area contributed by atoms with Gasteiger partial charge in [0.25, 0.3) is 0 Å². The average molecular weight is 241 g/mol. The molecular formula is C13H15N5. The van der Waals surface area contributed by atoms with E-state index in [0.29, 0.717) is 0 Å². The van der Waals surface area contributed by atoms with Gasteiger partial charge < -0.3 is 4.90 Å². The summed E-state index contributed by atoms with van der Waals surface area (Å²) in [5.41, 5.74) is 1.00. The Labute approximate surface area is 106 Å². The monoisotopic (exact) mass is 241 g/mol. The highest BCUT2D eigenvalue weighted by atomic mass is 15.3. The molecule has 18 heavy (non-hydrogen) atoms. The molecule has 1 aliphatic rings. The van der Waals surface area contributed by atoms with Crippen molar-refractivity contribution in [1.82, 2.24) is 19.9 Å². The Morgan fingerprint density at radius 1 is 1.17 bits per heavy atom. The lowest BCUT2D eigenvalue weighted by Gasteiger charge is -2.23. The first-order valence-corrected chi connectivity index (χ1v) is 6.18. The minimum Gasteiger partial charge on any atom is -0.331 e. The predicted octanol–water partition coefficient (Wildman–Crippen LogP) is 1.92. The summed E-state index contributed by atoms with van der Waals surface area (Å²) in [4.78, 5) is 19.7. The van der Waals surface area contributed by atoms with Gasteiger partial charge >= 0.3 is 0 Å². The van der Waals surface area contributed by atoms with E-state index < -0.39 is 0 Å². The SMILES string of the molecule is Cc1ccnc([C@H]2CCCN2c2ncccn2)n1. The van der Waals surface area contributed by atoms with Gasteiger partial charge in [-0.1, -0.05) is 0 Å². The maximum Gasteiger partial charge on any atom is 0.225 e. The van der Waals surface area contributed by atoms with E-state index in [1.54, 1.807) is 12.4 Å². The summed E-state index contributed by atoms with van der Waals surface area (Å²) < 4.78 is 0. The van der Waals surface area contributed by atoms with E-state index in [9.17, 15) is 0 Å². The van der Waals surface area contributed by atoms with Crippen molar-refractivity contribution in [3.05, 3.63) is 42.2 Å². The number of aryl methyl sites for hydroxylation is 1. The van der Waals surface area contributed by atoms with Crippen molar-refractivity contribution in [2.24, 2.45) is 0 Å². The molecule has 92 valence electrons. The molecule has 3 heterocycles. The number of rotatable bonds is 2. The Morgan fingerprint density at radius 2 is 2.00 bits per heavy atom. The van der Waals surface area contributed by atoms with E-state index in [-0.39, 0.29) is 6.04 Å². The molecule has 0 spiro atoms. The lowest BCUT2D eigenvalue weighted by atomic mass is 10.2. The smallest absolute Gasteiger partial charge is 0.225 e. The Morgan fingerprint density at radius 3 is 2.78 bits per heavy atom. The molecule has 1 aliphatic heterocycles. The molecule has 5 nitrogen and oxygen atoms in total. The number of hydrogen-bond donors (Lipinski definition) is 0. The van der Waals surface area contributed by atoms with Gasteiger partial charge in [-0.2, -0.15) is 0 Å². The van der Waals surface area contributed by atoms with Crippen LogP contribution in [0.4, 0.5) is 5.95 Å². The van der Waals surface area contributed by atoms with Crippen molar-refractivity contribution in [1.29, 1.82) is 0 Å². The van der Waals surface area contributed by atoms with Crippen LogP contribution in [0.3, 0.4) is 0 Å². The zero-order valence-corrected chi connectivity index (χ0v) is 10.3. The Kier molecular flexibility index (Phi) is 2.88. The first-order valence-electron chi connectivity index (χ1n) is 6.18. The van der Waals surface area contributed by atoms with Crippen LogP contribution in [0, 0.1) is 6.92 Å². The van der Waals surface area contributed by atoms with Crippen molar-refractivity contribution in [2.75, 3.05) is 11.4 Å². The molecule has 0 radical (unpaired) electrons. The molecule has 0 aliphatic carbocycles. The van der Waals surface area contributed by atoms with Crippen molar-refractivity contribution in [2.45, 2.75) is 25.8 Å². The maximum atomic E-state index is 4.52. The molecule has 0 unspecified atom stereocenters. The number of hydrogen-bond acceptors (Lipinski definition) is 5. The highest BCUT2D eigenvalue weighted by molar-refractivity contribution is 5.34. The van der Waals surface area contributed by atoms with Gasteiger partial charge in [0.1, 0.15) is 0 Å². The quantitative estimate of drug-likeness (QED) is 0.804. The van der Waals surface area contributed by atoms with Crippen molar-refractivity contribution >= 4 is 5.95 Å². The van der Waals surface area contributed by atoms with Gasteiger partial charge in [-0.05, 0) is 31.9 Å². The van der Waals surface area contributed by atoms with Crippen molar-refractivity contribution in [3.8, 4) is 0 Å². The van der Waals surface area contributed by atoms with Crippen LogP contribution in [-0.4, -0.2) is 26.5 Å². The third kappa shape index (κ3) is 2.03. The highest BCUT2D eigenvalue weighted by Gasteiger charge is 2.29. The molecule has 0 bridgehead atoms. The fourth-order valence-electron chi connectivity index (χ4n) is 2.34. The van der Waals surface area contributed by atoms with Gasteiger partial charge in [-0.25, -0.2) is 19.9 Å². The lowest BCUT2D eigenvalue weighted by Crippen LogP contribution is -2.26. The normalized spacial score (nSPS) is 19.2. The van der Waals surface area contributed by atoms with Gasteiger partial charge in [-0.15, -0.1) is 0 Å². The largest absolute Gasteiger partial charge is 0.331 e. The van der Waals surface area contributed by atoms with Gasteiger partial charge in [-0.3, -0.25) is 0 Å². The van der Waals surface area contributed by atoms with Crippen LogP contribution < -0.4 is 4.90 Å². The summed E-state index contributed by atoms with van der Waals surface area (Å²) in [5.74, 6) is 1.64. The summed E-state index contributed by atoms with van der Waals surface area (Å²) in [6.07, 6.45) is 7.55. The van der Waals surface area contributed by atoms with Gasteiger partial charge in [0.05, 0.1) is 6.04 Å². The van der Waals surface area contributed by atoms with E-state index in [1.807, 2.05) is 25.3 Å². The zero-order chi connectivity index (χ0) is 12.4. The maximum absolute atomic E-state index is 4.52. The van der Waals surface area contributed by atoms with E-state index in [1.165, 1.54) is 0 Å². The summed E-state index contributed by atoms with van der Waals surface area (Å²) in [6, 6.07) is 3.95. The van der Waals surface area contributed by atoms with Gasteiger partial charge in [0.15, 0.2) is 5.82 Å². The molecular weight excluding hydrogens is 226 g/mol. The van der Waals surface area contributed by atoms with Crippen LogP contribution >= 0.6 is 0 Å². The number of anilines is 1. The lowest BCUT2D eigenvalue weighted by molar-refractivity contribution is 0.650. The summed E-state index contributed by atoms with van der Waals surface area (Å²) in [7, 11) is 0. The molecule has 0 N–H and O–H groups in total. The Bertz CT molecular complexity index is 528. The van der Waals surface area contributed by atoms with E-state index in [0.717, 1.165) is 36.9 Å². The summed E-state index contributed by atoms with van der Waals surface area (Å²) in [5, 5.41) is 0. The third-order valence-corrected chi connectivity index (χ3v) is 3.17. The van der Waals surface area contributed by atoms with E-state index >= 15 is 0 Å². The standard InChI is InChI=1S/C13H15N5/c1-10-5-8-14-12(17-10)11-4-2-9-18(11)13-15-6-3-7-16-13/h3,5-8,11H,2,4,9H2,1H3/t11-/m1/s1. The number of nitrogens with zero attached hydrogens (tertiary/aromatic N) is 5. The van der Waals surface area contributed by atoms with Crippen molar-refractivity contribution < 1.29 is 0 Å². The number of aromatic nitrogens is 4. The summed E-state index contributed by atoms with van der Waals surface area (Å²) in [6.45, 7) is 2.95. The molecule has 0 aromatic carbocycles. The minimum absolute atomic E-state index is 0.201. The van der Waals surface area contributed by atoms with Crippen LogP contribution in [0.1, 0.15) is 30.4 Å². The molecule has 2 aromatic rings. The van der Waals surface area contributed by atoms with Crippen LogP contribution in [0.25, 0.3) is 0 Å². The molecule has 1 fully saturated rings. The second-order valence-electron chi connectivity index (χ2n) is 4.46. The molecule has 3 rings (SSSR count). The fourth-order valence-corrected chi connectivity index (χ4v) is 2.34. The fraction of sp³-hybridized carbons (Fsp3) is 0.385. The van der Waals surface area contributed by atoms with Crippen LogP contribution in [0.15, 0.2) is 30.7 Å². The topological polar surface area (TPSA) is 54.8 Å². The molecule has 2 aromatic heterocycles. The average Bonchev–Trinajstić information content (AvgIpc) is 2.89. The van der Waals surface area contributed by atoms with Gasteiger partial charge in [0, 0.05) is 30.8 Å². The molecule has 1 saturated heterocycles. The van der Waals surface area contributed by atoms with Crippen LogP contribution in [-0.2, 0) is 0 Å². The van der Waals surface area contributed by atoms with Gasteiger partial charge in [0.2, 0.25) is 5.95 Å². The highest BCUT2D eigenvalue weighted by Crippen LogP contribution is 2.32. The summed E-state index contributed by atoms with van der Waals surface area (Å²) >= 11 is 0. The zero-order valence-electron chi connectivity index (χ0n) is 10.3. The second kappa shape index (κ2) is 4.68. The second-order valence-corrected chi connectivity index (χ2v) is 4.46. The molecule has 1 atom stereocenters. The van der Waals surface area contributed by atoms with E-state index in [2.05, 4.69) is 24.8 Å². The predicted molar refractivity (Wildman–Crippen MR) is 68.1 cm³/mol. The Balaban J connectivity index is 1.92. The van der Waals surface area contributed by atoms with E-state index in [4.69, 9.17) is 0 Å². The van der Waals surface area contributed by atoms with Crippen LogP contribution in [0.2, 0.25) is 0 Å². The first kappa shape index (κ1) is 11.1. The van der Waals surface area contributed by atoms with Crippen molar-refractivity contribution in [3.63, 3.8) is 0 Å². The first-order chi connectivity index (χ1) is 8.84. The van der Waals surface area contributed by atoms with Crippen LogP contribution in [0.5, 0.6) is 0 Å². The molecule has 0 amide bonds. The Hall–Kier alpha value is -2.04. The molecule has 5 heteroatoms. The molecule has 0 saturated carbocycles.